The molecule has 0 fully saturated rings. The van der Waals surface area contributed by atoms with Crippen molar-refractivity contribution in [1.82, 2.24) is 15.1 Å². The van der Waals surface area contributed by atoms with E-state index in [1.54, 1.807) is 10.8 Å². The molecule has 2 aromatic rings. The van der Waals surface area contributed by atoms with Crippen LogP contribution in [0.1, 0.15) is 48.3 Å². The lowest BCUT2D eigenvalue weighted by molar-refractivity contribution is -0.144. The molecule has 0 aliphatic rings. The number of nitrogens with one attached hydrogen (secondary N) is 1. The molecule has 0 unspecified atom stereocenters. The van der Waals surface area contributed by atoms with Gasteiger partial charge in [-0.2, -0.15) is 5.10 Å². The largest absolute Gasteiger partial charge is 0.452 e. The monoisotopic (exact) mass is 369 g/mol. The van der Waals surface area contributed by atoms with E-state index in [1.807, 2.05) is 51.2 Å². The molecule has 1 amide bonds. The zero-order valence-corrected chi connectivity index (χ0v) is 16.4. The first-order chi connectivity index (χ1) is 12.9. The molecule has 1 aromatic heterocycles. The molecule has 144 valence electrons. The number of hydrogen-bond acceptors (Lipinski definition) is 4. The van der Waals surface area contributed by atoms with Gasteiger partial charge < -0.3 is 10.1 Å². The number of nitrogens with zero attached hydrogens (tertiary/aromatic N) is 2. The number of amides is 1. The van der Waals surface area contributed by atoms with E-state index in [0.717, 1.165) is 35.4 Å². The van der Waals surface area contributed by atoms with Crippen LogP contribution in [0.4, 0.5) is 0 Å². The molecule has 0 aliphatic carbocycles. The average Bonchev–Trinajstić information content (AvgIpc) is 2.90. The van der Waals surface area contributed by atoms with Crippen molar-refractivity contribution >= 4 is 18.0 Å². The highest BCUT2D eigenvalue weighted by Crippen LogP contribution is 2.18. The van der Waals surface area contributed by atoms with E-state index in [2.05, 4.69) is 17.3 Å². The molecule has 6 heteroatoms. The molecule has 0 radical (unpaired) electrons. The van der Waals surface area contributed by atoms with Gasteiger partial charge in [0.25, 0.3) is 5.91 Å². The maximum atomic E-state index is 12.2. The van der Waals surface area contributed by atoms with Crippen molar-refractivity contribution in [2.24, 2.45) is 7.05 Å². The summed E-state index contributed by atoms with van der Waals surface area (Å²) < 4.78 is 6.82. The normalized spacial score (nSPS) is 12.1. The molecular formula is C21H27N3O3. The Bertz CT molecular complexity index is 810. The minimum atomic E-state index is -0.556. The first-order valence-corrected chi connectivity index (χ1v) is 9.11. The molecule has 0 saturated carbocycles. The molecule has 0 spiro atoms. The summed E-state index contributed by atoms with van der Waals surface area (Å²) in [5.74, 6) is -0.868. The highest BCUT2D eigenvalue weighted by Gasteiger charge is 2.14. The summed E-state index contributed by atoms with van der Waals surface area (Å²) in [6.07, 6.45) is 4.75. The van der Waals surface area contributed by atoms with Crippen molar-refractivity contribution in [3.63, 3.8) is 0 Å². The quantitative estimate of drug-likeness (QED) is 0.573. The van der Waals surface area contributed by atoms with Crippen LogP contribution in [0, 0.1) is 13.8 Å². The number of hydrogen-bond donors (Lipinski definition) is 1. The predicted octanol–water partition coefficient (Wildman–Crippen LogP) is 3.25. The Morgan fingerprint density at radius 3 is 2.56 bits per heavy atom. The molecule has 1 N–H and O–H groups in total. The third-order valence-electron chi connectivity index (χ3n) is 4.41. The van der Waals surface area contributed by atoms with Crippen LogP contribution in [0.15, 0.2) is 36.4 Å². The van der Waals surface area contributed by atoms with Crippen molar-refractivity contribution in [3.8, 4) is 0 Å². The SMILES string of the molecule is CCC[C@H](NC(=O)COC(=O)/C=C/c1c(C)nn(C)c1C)c1ccccc1. The number of esters is 1. The van der Waals surface area contributed by atoms with E-state index in [4.69, 9.17) is 4.74 Å². The van der Waals surface area contributed by atoms with Crippen LogP contribution >= 0.6 is 0 Å². The van der Waals surface area contributed by atoms with Crippen LogP contribution in [0.2, 0.25) is 0 Å². The Labute approximate surface area is 160 Å². The lowest BCUT2D eigenvalue weighted by Crippen LogP contribution is -2.32. The van der Waals surface area contributed by atoms with Gasteiger partial charge in [0.2, 0.25) is 0 Å². The van der Waals surface area contributed by atoms with Gasteiger partial charge in [-0.05, 0) is 31.9 Å². The number of aromatic nitrogens is 2. The molecule has 0 bridgehead atoms. The summed E-state index contributed by atoms with van der Waals surface area (Å²) >= 11 is 0. The maximum absolute atomic E-state index is 12.2. The molecule has 0 aliphatic heterocycles. The topological polar surface area (TPSA) is 73.2 Å². The summed E-state index contributed by atoms with van der Waals surface area (Å²) in [5.41, 5.74) is 3.72. The summed E-state index contributed by atoms with van der Waals surface area (Å²) in [6, 6.07) is 9.70. The van der Waals surface area contributed by atoms with E-state index < -0.39 is 5.97 Å². The highest BCUT2D eigenvalue weighted by atomic mass is 16.5. The third kappa shape index (κ3) is 5.81. The highest BCUT2D eigenvalue weighted by molar-refractivity contribution is 5.89. The van der Waals surface area contributed by atoms with Gasteiger partial charge in [-0.3, -0.25) is 9.48 Å². The van der Waals surface area contributed by atoms with Crippen molar-refractivity contribution < 1.29 is 14.3 Å². The number of ether oxygens (including phenoxy) is 1. The maximum Gasteiger partial charge on any atom is 0.331 e. The van der Waals surface area contributed by atoms with Crippen LogP contribution in [0.3, 0.4) is 0 Å². The second kappa shape index (κ2) is 9.71. The van der Waals surface area contributed by atoms with Crippen LogP contribution in [0.5, 0.6) is 0 Å². The van der Waals surface area contributed by atoms with Crippen molar-refractivity contribution in [2.75, 3.05) is 6.61 Å². The fourth-order valence-electron chi connectivity index (χ4n) is 2.90. The number of carbonyl (C=O) groups is 2. The van der Waals surface area contributed by atoms with Crippen LogP contribution < -0.4 is 5.32 Å². The van der Waals surface area contributed by atoms with Gasteiger partial charge in [-0.25, -0.2) is 4.79 Å². The van der Waals surface area contributed by atoms with Crippen molar-refractivity contribution in [1.29, 1.82) is 0 Å². The Morgan fingerprint density at radius 2 is 1.96 bits per heavy atom. The first-order valence-electron chi connectivity index (χ1n) is 9.11. The van der Waals surface area contributed by atoms with Gasteiger partial charge in [-0.1, -0.05) is 43.7 Å². The average molecular weight is 369 g/mol. The molecule has 1 aromatic carbocycles. The second-order valence-electron chi connectivity index (χ2n) is 6.47. The van der Waals surface area contributed by atoms with Crippen LogP contribution in [-0.2, 0) is 21.4 Å². The zero-order chi connectivity index (χ0) is 19.8. The molecular weight excluding hydrogens is 342 g/mol. The molecule has 1 heterocycles. The van der Waals surface area contributed by atoms with E-state index in [1.165, 1.54) is 6.08 Å². The number of benzene rings is 1. The Morgan fingerprint density at radius 1 is 1.26 bits per heavy atom. The van der Waals surface area contributed by atoms with Gasteiger partial charge in [0.1, 0.15) is 0 Å². The summed E-state index contributed by atoms with van der Waals surface area (Å²) in [5, 5.41) is 7.22. The van der Waals surface area contributed by atoms with Gasteiger partial charge in [0, 0.05) is 24.4 Å². The lowest BCUT2D eigenvalue weighted by atomic mass is 10.0. The minimum absolute atomic E-state index is 0.0846. The third-order valence-corrected chi connectivity index (χ3v) is 4.41. The Kier molecular flexibility index (Phi) is 7.34. The molecule has 0 saturated heterocycles. The van der Waals surface area contributed by atoms with E-state index in [-0.39, 0.29) is 18.6 Å². The number of aryl methyl sites for hydroxylation is 2. The summed E-state index contributed by atoms with van der Waals surface area (Å²) in [7, 11) is 1.85. The predicted molar refractivity (Wildman–Crippen MR) is 105 cm³/mol. The van der Waals surface area contributed by atoms with Gasteiger partial charge in [0.15, 0.2) is 6.61 Å². The van der Waals surface area contributed by atoms with Gasteiger partial charge >= 0.3 is 5.97 Å². The van der Waals surface area contributed by atoms with Crippen LogP contribution in [-0.4, -0.2) is 28.3 Å². The zero-order valence-electron chi connectivity index (χ0n) is 16.4. The van der Waals surface area contributed by atoms with Crippen LogP contribution in [0.25, 0.3) is 6.08 Å². The number of rotatable bonds is 8. The summed E-state index contributed by atoms with van der Waals surface area (Å²) in [4.78, 5) is 24.1. The smallest absolute Gasteiger partial charge is 0.331 e. The van der Waals surface area contributed by atoms with Gasteiger partial charge in [-0.15, -0.1) is 0 Å². The second-order valence-corrected chi connectivity index (χ2v) is 6.47. The first kappa shape index (κ1) is 20.4. The molecule has 6 nitrogen and oxygen atoms in total. The molecule has 1 atom stereocenters. The van der Waals surface area contributed by atoms with Gasteiger partial charge in [0.05, 0.1) is 11.7 Å². The van der Waals surface area contributed by atoms with Crippen molar-refractivity contribution in [2.45, 2.75) is 39.7 Å². The van der Waals surface area contributed by atoms with E-state index in [0.29, 0.717) is 0 Å². The molecule has 27 heavy (non-hydrogen) atoms. The van der Waals surface area contributed by atoms with E-state index >= 15 is 0 Å². The minimum Gasteiger partial charge on any atom is -0.452 e. The lowest BCUT2D eigenvalue weighted by Gasteiger charge is -2.18. The fourth-order valence-corrected chi connectivity index (χ4v) is 2.90. The molecule has 2 rings (SSSR count). The Hall–Kier alpha value is -2.89. The summed E-state index contributed by atoms with van der Waals surface area (Å²) in [6.45, 7) is 5.56. The standard InChI is InChI=1S/C21H27N3O3/c1-5-9-19(17-10-7-6-8-11-17)22-20(25)14-27-21(26)13-12-18-15(2)23-24(4)16(18)3/h6-8,10-13,19H,5,9,14H2,1-4H3,(H,22,25)/b13-12+/t19-/m0/s1. The fraction of sp³-hybridized carbons (Fsp3) is 0.381. The van der Waals surface area contributed by atoms with E-state index in [9.17, 15) is 9.59 Å². The van der Waals surface area contributed by atoms with Crippen molar-refractivity contribution in [3.05, 3.63) is 58.9 Å². The Balaban J connectivity index is 1.88. The number of carbonyl (C=O) groups excluding carboxylic acids is 2.